The van der Waals surface area contributed by atoms with E-state index in [1.807, 2.05) is 25.1 Å². The maximum atomic E-state index is 5.58. The lowest BCUT2D eigenvalue weighted by Gasteiger charge is -1.89. The summed E-state index contributed by atoms with van der Waals surface area (Å²) in [6.45, 7) is 1.96. The highest BCUT2D eigenvalue weighted by Gasteiger charge is 2.06. The van der Waals surface area contributed by atoms with E-state index in [9.17, 15) is 0 Å². The number of aromatic nitrogens is 2. The summed E-state index contributed by atoms with van der Waals surface area (Å²) < 4.78 is 5.58. The van der Waals surface area contributed by atoms with Crippen molar-refractivity contribution in [3.05, 3.63) is 36.3 Å². The van der Waals surface area contributed by atoms with Crippen molar-refractivity contribution in [1.29, 1.82) is 0 Å². The molecule has 3 nitrogen and oxygen atoms in total. The molecule has 0 aliphatic rings. The van der Waals surface area contributed by atoms with Crippen LogP contribution in [0.1, 0.15) is 5.69 Å². The molecule has 3 rings (SSSR count). The Bertz CT molecular complexity index is 613. The number of hydrogen-bond acceptors (Lipinski definition) is 3. The lowest BCUT2D eigenvalue weighted by atomic mass is 10.2. The Morgan fingerprint density at radius 1 is 1.21 bits per heavy atom. The van der Waals surface area contributed by atoms with Crippen LogP contribution < -0.4 is 0 Å². The van der Waals surface area contributed by atoms with Gasteiger partial charge in [-0.3, -0.25) is 9.97 Å². The van der Waals surface area contributed by atoms with Gasteiger partial charge in [0.1, 0.15) is 5.52 Å². The normalized spacial score (nSPS) is 11.2. The van der Waals surface area contributed by atoms with E-state index in [2.05, 4.69) is 9.97 Å². The van der Waals surface area contributed by atoms with Crippen LogP contribution in [0.4, 0.5) is 0 Å². The summed E-state index contributed by atoms with van der Waals surface area (Å²) in [5.41, 5.74) is 3.50. The molecule has 0 saturated carbocycles. The molecule has 0 aliphatic carbocycles. The lowest BCUT2D eigenvalue weighted by molar-refractivity contribution is 0.666. The highest BCUT2D eigenvalue weighted by molar-refractivity contribution is 6.01. The maximum Gasteiger partial charge on any atom is 0.155 e. The number of hydrogen-bond donors (Lipinski definition) is 0. The minimum atomic E-state index is 0.796. The van der Waals surface area contributed by atoms with Crippen LogP contribution in [0.5, 0.6) is 0 Å². The number of aryl methyl sites for hydroxylation is 1. The summed E-state index contributed by atoms with van der Waals surface area (Å²) >= 11 is 0. The minimum Gasteiger partial charge on any atom is -0.453 e. The Balaban J connectivity index is 2.58. The Morgan fingerprint density at radius 3 is 3.07 bits per heavy atom. The molecule has 3 aromatic heterocycles. The van der Waals surface area contributed by atoms with E-state index in [-0.39, 0.29) is 0 Å². The molecule has 0 bridgehead atoms. The first-order valence-corrected chi connectivity index (χ1v) is 4.44. The fourth-order valence-corrected chi connectivity index (χ4v) is 1.61. The highest BCUT2D eigenvalue weighted by atomic mass is 16.3. The summed E-state index contributed by atoms with van der Waals surface area (Å²) in [6.07, 6.45) is 3.51. The smallest absolute Gasteiger partial charge is 0.155 e. The Labute approximate surface area is 80.4 Å². The van der Waals surface area contributed by atoms with Gasteiger partial charge in [0.2, 0.25) is 0 Å². The molecule has 0 atom stereocenters. The predicted molar refractivity (Wildman–Crippen MR) is 54.0 cm³/mol. The van der Waals surface area contributed by atoms with E-state index >= 15 is 0 Å². The van der Waals surface area contributed by atoms with Crippen LogP contribution in [0.15, 0.2) is 35.0 Å². The van der Waals surface area contributed by atoms with Crippen molar-refractivity contribution in [3.8, 4) is 0 Å². The summed E-state index contributed by atoms with van der Waals surface area (Å²) in [5, 5.41) is 1.04. The number of pyridine rings is 2. The van der Waals surface area contributed by atoms with Crippen LogP contribution in [0.3, 0.4) is 0 Å². The molecule has 0 saturated heterocycles. The molecule has 0 amide bonds. The monoisotopic (exact) mass is 184 g/mol. The SMILES string of the molecule is Cc1cc2c(cn1)oc1cccnc12. The molecule has 68 valence electrons. The molecule has 3 aromatic rings. The zero-order chi connectivity index (χ0) is 9.54. The number of rotatable bonds is 0. The molecule has 0 radical (unpaired) electrons. The standard InChI is InChI=1S/C11H8N2O/c1-7-5-8-10(6-13-7)14-9-3-2-4-12-11(8)9/h2-6H,1H3. The van der Waals surface area contributed by atoms with Crippen molar-refractivity contribution >= 4 is 22.1 Å². The maximum absolute atomic E-state index is 5.58. The highest BCUT2D eigenvalue weighted by Crippen LogP contribution is 2.26. The third-order valence-corrected chi connectivity index (χ3v) is 2.25. The van der Waals surface area contributed by atoms with Gasteiger partial charge in [-0.05, 0) is 25.1 Å². The average Bonchev–Trinajstić information content (AvgIpc) is 2.56. The zero-order valence-electron chi connectivity index (χ0n) is 7.69. The van der Waals surface area contributed by atoms with Crippen LogP contribution in [-0.4, -0.2) is 9.97 Å². The van der Waals surface area contributed by atoms with E-state index in [4.69, 9.17) is 4.42 Å². The number of furan rings is 1. The molecule has 0 aromatic carbocycles. The predicted octanol–water partition coefficient (Wildman–Crippen LogP) is 2.68. The van der Waals surface area contributed by atoms with Gasteiger partial charge in [0.05, 0.1) is 11.6 Å². The number of fused-ring (bicyclic) bond motifs is 3. The zero-order valence-corrected chi connectivity index (χ0v) is 7.69. The van der Waals surface area contributed by atoms with Crippen LogP contribution >= 0.6 is 0 Å². The second kappa shape index (κ2) is 2.54. The molecule has 3 heterocycles. The van der Waals surface area contributed by atoms with E-state index < -0.39 is 0 Å². The molecular weight excluding hydrogens is 176 g/mol. The van der Waals surface area contributed by atoms with E-state index in [1.165, 1.54) is 0 Å². The van der Waals surface area contributed by atoms with E-state index in [0.29, 0.717) is 0 Å². The van der Waals surface area contributed by atoms with Crippen molar-refractivity contribution in [2.75, 3.05) is 0 Å². The molecule has 0 N–H and O–H groups in total. The topological polar surface area (TPSA) is 38.9 Å². The number of nitrogens with zero attached hydrogens (tertiary/aromatic N) is 2. The molecule has 0 unspecified atom stereocenters. The second-order valence-electron chi connectivity index (χ2n) is 3.27. The van der Waals surface area contributed by atoms with Crippen molar-refractivity contribution in [1.82, 2.24) is 9.97 Å². The first-order chi connectivity index (χ1) is 6.84. The van der Waals surface area contributed by atoms with Gasteiger partial charge in [0.25, 0.3) is 0 Å². The molecule has 0 aliphatic heterocycles. The quantitative estimate of drug-likeness (QED) is 0.539. The molecule has 0 spiro atoms. The largest absolute Gasteiger partial charge is 0.453 e. The fourth-order valence-electron chi connectivity index (χ4n) is 1.61. The first-order valence-electron chi connectivity index (χ1n) is 4.44. The molecule has 3 heteroatoms. The van der Waals surface area contributed by atoms with Crippen LogP contribution in [0, 0.1) is 6.92 Å². The Morgan fingerprint density at radius 2 is 2.14 bits per heavy atom. The Kier molecular flexibility index (Phi) is 1.36. The first kappa shape index (κ1) is 7.50. The second-order valence-corrected chi connectivity index (χ2v) is 3.27. The van der Waals surface area contributed by atoms with Gasteiger partial charge in [-0.25, -0.2) is 0 Å². The summed E-state index contributed by atoms with van der Waals surface area (Å²) in [7, 11) is 0. The molecule has 14 heavy (non-hydrogen) atoms. The van der Waals surface area contributed by atoms with E-state index in [1.54, 1.807) is 12.4 Å². The van der Waals surface area contributed by atoms with Gasteiger partial charge < -0.3 is 4.42 Å². The van der Waals surface area contributed by atoms with Gasteiger partial charge in [0.15, 0.2) is 11.2 Å². The summed E-state index contributed by atoms with van der Waals surface area (Å²) in [4.78, 5) is 8.47. The lowest BCUT2D eigenvalue weighted by Crippen LogP contribution is -1.78. The van der Waals surface area contributed by atoms with Crippen molar-refractivity contribution in [3.63, 3.8) is 0 Å². The summed E-state index contributed by atoms with van der Waals surface area (Å²) in [5.74, 6) is 0. The van der Waals surface area contributed by atoms with Crippen LogP contribution in [0.2, 0.25) is 0 Å². The van der Waals surface area contributed by atoms with E-state index in [0.717, 1.165) is 27.8 Å². The van der Waals surface area contributed by atoms with Gasteiger partial charge in [-0.2, -0.15) is 0 Å². The average molecular weight is 184 g/mol. The molecule has 0 fully saturated rings. The molecular formula is C11H8N2O. The van der Waals surface area contributed by atoms with Crippen LogP contribution in [-0.2, 0) is 0 Å². The minimum absolute atomic E-state index is 0.796. The van der Waals surface area contributed by atoms with Crippen molar-refractivity contribution < 1.29 is 4.42 Å². The van der Waals surface area contributed by atoms with Crippen molar-refractivity contribution in [2.24, 2.45) is 0 Å². The fraction of sp³-hybridized carbons (Fsp3) is 0.0909. The summed E-state index contributed by atoms with van der Waals surface area (Å²) in [6, 6.07) is 5.77. The van der Waals surface area contributed by atoms with Gasteiger partial charge in [-0.15, -0.1) is 0 Å². The van der Waals surface area contributed by atoms with Gasteiger partial charge in [0, 0.05) is 11.9 Å². The third kappa shape index (κ3) is 0.923. The Hall–Kier alpha value is -1.90. The van der Waals surface area contributed by atoms with Gasteiger partial charge in [-0.1, -0.05) is 0 Å². The van der Waals surface area contributed by atoms with Crippen molar-refractivity contribution in [2.45, 2.75) is 6.92 Å². The van der Waals surface area contributed by atoms with Crippen LogP contribution in [0.25, 0.3) is 22.1 Å². The third-order valence-electron chi connectivity index (χ3n) is 2.25. The van der Waals surface area contributed by atoms with Gasteiger partial charge >= 0.3 is 0 Å².